The van der Waals surface area contributed by atoms with Gasteiger partial charge in [0.15, 0.2) is 0 Å². The molecule has 0 aliphatic rings. The van der Waals surface area contributed by atoms with E-state index in [0.29, 0.717) is 0 Å². The quantitative estimate of drug-likeness (QED) is 0.905. The van der Waals surface area contributed by atoms with Crippen molar-refractivity contribution in [1.82, 2.24) is 20.1 Å². The van der Waals surface area contributed by atoms with Gasteiger partial charge in [-0.15, -0.1) is 11.3 Å². The maximum absolute atomic E-state index is 4.56. The normalized spacial score (nSPS) is 12.9. The summed E-state index contributed by atoms with van der Waals surface area (Å²) in [6, 6.07) is 2.29. The van der Waals surface area contributed by atoms with Gasteiger partial charge >= 0.3 is 0 Å². The first-order valence-corrected chi connectivity index (χ1v) is 6.53. The molecule has 4 nitrogen and oxygen atoms in total. The SMILES string of the molecule is Cc1nc(C(C)NCc2ccn(C)n2)c(C)s1. The number of aryl methyl sites for hydroxylation is 3. The van der Waals surface area contributed by atoms with Crippen molar-refractivity contribution in [1.29, 1.82) is 0 Å². The van der Waals surface area contributed by atoms with Crippen molar-refractivity contribution in [3.05, 3.63) is 33.5 Å². The molecule has 0 aliphatic heterocycles. The Morgan fingerprint density at radius 3 is 2.76 bits per heavy atom. The van der Waals surface area contributed by atoms with Gasteiger partial charge in [0, 0.05) is 30.7 Å². The molecule has 2 aromatic rings. The second kappa shape index (κ2) is 4.98. The topological polar surface area (TPSA) is 42.7 Å². The van der Waals surface area contributed by atoms with E-state index in [1.165, 1.54) is 4.88 Å². The zero-order valence-corrected chi connectivity index (χ0v) is 11.5. The van der Waals surface area contributed by atoms with Crippen molar-refractivity contribution in [3.8, 4) is 0 Å². The molecule has 0 fully saturated rings. The number of aromatic nitrogens is 3. The lowest BCUT2D eigenvalue weighted by Gasteiger charge is -2.11. The van der Waals surface area contributed by atoms with Crippen molar-refractivity contribution in [3.63, 3.8) is 0 Å². The fraction of sp³-hybridized carbons (Fsp3) is 0.500. The van der Waals surface area contributed by atoms with Crippen molar-refractivity contribution in [2.45, 2.75) is 33.4 Å². The minimum atomic E-state index is 0.266. The first-order valence-electron chi connectivity index (χ1n) is 5.72. The summed E-state index contributed by atoms with van der Waals surface area (Å²) in [7, 11) is 1.93. The maximum Gasteiger partial charge on any atom is 0.0900 e. The number of nitrogens with one attached hydrogen (secondary N) is 1. The molecule has 0 radical (unpaired) electrons. The number of thiazole rings is 1. The third kappa shape index (κ3) is 2.92. The first-order chi connectivity index (χ1) is 8.06. The van der Waals surface area contributed by atoms with Gasteiger partial charge in [0.1, 0.15) is 0 Å². The summed E-state index contributed by atoms with van der Waals surface area (Å²) < 4.78 is 1.82. The molecule has 0 spiro atoms. The van der Waals surface area contributed by atoms with Gasteiger partial charge in [-0.05, 0) is 26.8 Å². The summed E-state index contributed by atoms with van der Waals surface area (Å²) in [5.74, 6) is 0. The molecule has 0 aliphatic carbocycles. The van der Waals surface area contributed by atoms with Crippen LogP contribution in [-0.4, -0.2) is 14.8 Å². The molecule has 0 bridgehead atoms. The Hall–Kier alpha value is -1.20. The van der Waals surface area contributed by atoms with Gasteiger partial charge in [-0.25, -0.2) is 4.98 Å². The molecule has 5 heteroatoms. The minimum absolute atomic E-state index is 0.266. The Labute approximate surface area is 106 Å². The molecule has 0 saturated heterocycles. The standard InChI is InChI=1S/C12H18N4S/c1-8(12-9(2)17-10(3)14-12)13-7-11-5-6-16(4)15-11/h5-6,8,13H,7H2,1-4H3. The van der Waals surface area contributed by atoms with Crippen LogP contribution in [-0.2, 0) is 13.6 Å². The predicted octanol–water partition coefficient (Wildman–Crippen LogP) is 2.34. The van der Waals surface area contributed by atoms with Crippen LogP contribution in [0.4, 0.5) is 0 Å². The van der Waals surface area contributed by atoms with Gasteiger partial charge in [0.05, 0.1) is 16.4 Å². The van der Waals surface area contributed by atoms with E-state index >= 15 is 0 Å². The minimum Gasteiger partial charge on any atom is -0.303 e. The molecule has 2 heterocycles. The number of nitrogens with zero attached hydrogens (tertiary/aromatic N) is 3. The highest BCUT2D eigenvalue weighted by atomic mass is 32.1. The molecule has 0 amide bonds. The van der Waals surface area contributed by atoms with Crippen LogP contribution in [0.2, 0.25) is 0 Å². The molecule has 1 N–H and O–H groups in total. The second-order valence-corrected chi connectivity index (χ2v) is 5.66. The van der Waals surface area contributed by atoms with Crippen LogP contribution < -0.4 is 5.32 Å². The monoisotopic (exact) mass is 250 g/mol. The van der Waals surface area contributed by atoms with Crippen LogP contribution in [0.25, 0.3) is 0 Å². The molecular weight excluding hydrogens is 232 g/mol. The smallest absolute Gasteiger partial charge is 0.0900 e. The Bertz CT molecular complexity index is 500. The summed E-state index contributed by atoms with van der Waals surface area (Å²) >= 11 is 1.75. The molecule has 1 atom stereocenters. The van der Waals surface area contributed by atoms with Crippen LogP contribution >= 0.6 is 11.3 Å². The lowest BCUT2D eigenvalue weighted by Crippen LogP contribution is -2.19. The van der Waals surface area contributed by atoms with Gasteiger partial charge < -0.3 is 5.32 Å². The van der Waals surface area contributed by atoms with Gasteiger partial charge in [-0.3, -0.25) is 4.68 Å². The summed E-state index contributed by atoms with van der Waals surface area (Å²) in [4.78, 5) is 5.85. The highest BCUT2D eigenvalue weighted by Gasteiger charge is 2.12. The van der Waals surface area contributed by atoms with E-state index in [2.05, 4.69) is 29.2 Å². The van der Waals surface area contributed by atoms with Gasteiger partial charge in [-0.1, -0.05) is 0 Å². The average molecular weight is 250 g/mol. The third-order valence-electron chi connectivity index (χ3n) is 2.71. The zero-order valence-electron chi connectivity index (χ0n) is 10.7. The lowest BCUT2D eigenvalue weighted by molar-refractivity contribution is 0.550. The van der Waals surface area contributed by atoms with Gasteiger partial charge in [-0.2, -0.15) is 5.10 Å². The Morgan fingerprint density at radius 2 is 2.24 bits per heavy atom. The Kier molecular flexibility index (Phi) is 3.59. The van der Waals surface area contributed by atoms with Crippen LogP contribution in [0.1, 0.15) is 34.2 Å². The Balaban J connectivity index is 1.97. The van der Waals surface area contributed by atoms with Gasteiger partial charge in [0.2, 0.25) is 0 Å². The lowest BCUT2D eigenvalue weighted by atomic mass is 10.2. The second-order valence-electron chi connectivity index (χ2n) is 4.26. The highest BCUT2D eigenvalue weighted by molar-refractivity contribution is 7.11. The fourth-order valence-corrected chi connectivity index (χ4v) is 2.77. The zero-order chi connectivity index (χ0) is 12.4. The molecule has 92 valence electrons. The first kappa shape index (κ1) is 12.3. The molecular formula is C12H18N4S. The Morgan fingerprint density at radius 1 is 1.47 bits per heavy atom. The molecule has 2 rings (SSSR count). The number of hydrogen-bond acceptors (Lipinski definition) is 4. The summed E-state index contributed by atoms with van der Waals surface area (Å²) in [6.45, 7) is 7.09. The van der Waals surface area contributed by atoms with Crippen LogP contribution in [0.5, 0.6) is 0 Å². The fourth-order valence-electron chi connectivity index (χ4n) is 1.86. The van der Waals surface area contributed by atoms with Crippen molar-refractivity contribution >= 4 is 11.3 Å². The molecule has 0 saturated carbocycles. The predicted molar refractivity (Wildman–Crippen MR) is 70.1 cm³/mol. The molecule has 0 aromatic carbocycles. The van der Waals surface area contributed by atoms with Gasteiger partial charge in [0.25, 0.3) is 0 Å². The summed E-state index contributed by atoms with van der Waals surface area (Å²) in [6.07, 6.45) is 1.96. The van der Waals surface area contributed by atoms with Crippen LogP contribution in [0.15, 0.2) is 12.3 Å². The summed E-state index contributed by atoms with van der Waals surface area (Å²) in [5, 5.41) is 8.92. The molecule has 2 aromatic heterocycles. The van der Waals surface area contributed by atoms with E-state index in [-0.39, 0.29) is 6.04 Å². The van der Waals surface area contributed by atoms with Crippen LogP contribution in [0.3, 0.4) is 0 Å². The van der Waals surface area contributed by atoms with Crippen LogP contribution in [0, 0.1) is 13.8 Å². The van der Waals surface area contributed by atoms with E-state index in [1.807, 2.05) is 30.9 Å². The van der Waals surface area contributed by atoms with E-state index in [1.54, 1.807) is 11.3 Å². The van der Waals surface area contributed by atoms with Crippen molar-refractivity contribution in [2.75, 3.05) is 0 Å². The average Bonchev–Trinajstić information content (AvgIpc) is 2.81. The third-order valence-corrected chi connectivity index (χ3v) is 3.61. The van der Waals surface area contributed by atoms with E-state index in [9.17, 15) is 0 Å². The van der Waals surface area contributed by atoms with E-state index < -0.39 is 0 Å². The van der Waals surface area contributed by atoms with Crippen molar-refractivity contribution in [2.24, 2.45) is 7.05 Å². The van der Waals surface area contributed by atoms with Crippen molar-refractivity contribution < 1.29 is 0 Å². The number of hydrogen-bond donors (Lipinski definition) is 1. The summed E-state index contributed by atoms with van der Waals surface area (Å²) in [5.41, 5.74) is 2.22. The molecule has 1 unspecified atom stereocenters. The number of rotatable bonds is 4. The van der Waals surface area contributed by atoms with E-state index in [4.69, 9.17) is 0 Å². The van der Waals surface area contributed by atoms with E-state index in [0.717, 1.165) is 22.9 Å². The molecule has 17 heavy (non-hydrogen) atoms. The largest absolute Gasteiger partial charge is 0.303 e. The highest BCUT2D eigenvalue weighted by Crippen LogP contribution is 2.22. The maximum atomic E-state index is 4.56.